The number of benzene rings is 2. The summed E-state index contributed by atoms with van der Waals surface area (Å²) in [7, 11) is 1.49. The Morgan fingerprint density at radius 1 is 1.15 bits per heavy atom. The number of carbonyl (C=O) groups excluding carboxylic acids is 2. The first-order valence-corrected chi connectivity index (χ1v) is 10.7. The van der Waals surface area contributed by atoms with Crippen LogP contribution in [0.3, 0.4) is 0 Å². The Kier molecular flexibility index (Phi) is 5.10. The first-order valence-electron chi connectivity index (χ1n) is 9.89. The monoisotopic (exact) mass is 461 g/mol. The zero-order chi connectivity index (χ0) is 23.1. The maximum atomic E-state index is 13.7. The topological polar surface area (TPSA) is 92.6 Å². The molecule has 0 radical (unpaired) electrons. The van der Waals surface area contributed by atoms with Gasteiger partial charge < -0.3 is 9.84 Å². The largest absolute Gasteiger partial charge is 0.507 e. The summed E-state index contributed by atoms with van der Waals surface area (Å²) >= 11 is 1.09. The molecular weight excluding hydrogens is 445 g/mol. The van der Waals surface area contributed by atoms with Crippen molar-refractivity contribution >= 4 is 44.1 Å². The van der Waals surface area contributed by atoms with E-state index in [9.17, 15) is 19.1 Å². The molecule has 7 nitrogen and oxygen atoms in total. The van der Waals surface area contributed by atoms with Crippen molar-refractivity contribution in [1.29, 1.82) is 0 Å². The molecular formula is C24H16FN3O4S. The van der Waals surface area contributed by atoms with E-state index in [0.29, 0.717) is 27.1 Å². The molecule has 9 heteroatoms. The summed E-state index contributed by atoms with van der Waals surface area (Å²) < 4.78 is 19.5. The molecule has 4 aromatic rings. The van der Waals surface area contributed by atoms with Crippen LogP contribution in [0.5, 0.6) is 5.75 Å². The number of anilines is 1. The van der Waals surface area contributed by atoms with Crippen LogP contribution < -0.4 is 9.64 Å². The van der Waals surface area contributed by atoms with Gasteiger partial charge in [-0.2, -0.15) is 0 Å². The van der Waals surface area contributed by atoms with E-state index in [1.54, 1.807) is 42.6 Å². The Morgan fingerprint density at radius 3 is 2.76 bits per heavy atom. The molecule has 164 valence electrons. The molecule has 1 unspecified atom stereocenters. The molecule has 2 aromatic heterocycles. The van der Waals surface area contributed by atoms with Crippen molar-refractivity contribution in [3.8, 4) is 5.75 Å². The summed E-state index contributed by atoms with van der Waals surface area (Å²) in [6.45, 7) is 0. The second-order valence-electron chi connectivity index (χ2n) is 7.30. The van der Waals surface area contributed by atoms with Crippen LogP contribution in [-0.4, -0.2) is 33.9 Å². The van der Waals surface area contributed by atoms with Crippen LogP contribution in [0, 0.1) is 5.82 Å². The molecule has 1 fully saturated rings. The van der Waals surface area contributed by atoms with Crippen LogP contribution in [0.4, 0.5) is 9.52 Å². The van der Waals surface area contributed by atoms with Crippen LogP contribution in [-0.2, 0) is 9.59 Å². The van der Waals surface area contributed by atoms with Crippen LogP contribution in [0.2, 0.25) is 0 Å². The highest BCUT2D eigenvalue weighted by Gasteiger charge is 2.48. The van der Waals surface area contributed by atoms with Crippen LogP contribution in [0.1, 0.15) is 17.2 Å². The van der Waals surface area contributed by atoms with Gasteiger partial charge in [-0.25, -0.2) is 9.37 Å². The second-order valence-corrected chi connectivity index (χ2v) is 8.30. The molecule has 0 bridgehead atoms. The van der Waals surface area contributed by atoms with Crippen molar-refractivity contribution < 1.29 is 23.8 Å². The lowest BCUT2D eigenvalue weighted by Gasteiger charge is -2.22. The Hall–Kier alpha value is -4.11. The molecule has 1 aliphatic rings. The number of fused-ring (bicyclic) bond motifs is 1. The van der Waals surface area contributed by atoms with Crippen LogP contribution >= 0.6 is 11.3 Å². The lowest BCUT2D eigenvalue weighted by molar-refractivity contribution is -0.132. The molecule has 1 atom stereocenters. The van der Waals surface area contributed by atoms with Crippen molar-refractivity contribution in [3.05, 3.63) is 89.5 Å². The molecule has 33 heavy (non-hydrogen) atoms. The average Bonchev–Trinajstić information content (AvgIpc) is 3.37. The molecule has 3 heterocycles. The number of ether oxygens (including phenoxy) is 1. The summed E-state index contributed by atoms with van der Waals surface area (Å²) in [4.78, 5) is 36.1. The van der Waals surface area contributed by atoms with Crippen molar-refractivity contribution in [2.45, 2.75) is 6.04 Å². The van der Waals surface area contributed by atoms with Gasteiger partial charge in [0.25, 0.3) is 5.78 Å². The minimum absolute atomic E-state index is 0.0910. The van der Waals surface area contributed by atoms with E-state index >= 15 is 0 Å². The Labute approximate surface area is 191 Å². The summed E-state index contributed by atoms with van der Waals surface area (Å²) in [5, 5.41) is 11.4. The third-order valence-corrected chi connectivity index (χ3v) is 6.35. The molecule has 1 saturated heterocycles. The van der Waals surface area contributed by atoms with Gasteiger partial charge in [0.1, 0.15) is 17.3 Å². The number of amides is 1. The van der Waals surface area contributed by atoms with E-state index in [2.05, 4.69) is 9.97 Å². The smallest absolute Gasteiger partial charge is 0.301 e. The maximum Gasteiger partial charge on any atom is 0.301 e. The molecule has 0 saturated carbocycles. The third-order valence-electron chi connectivity index (χ3n) is 5.33. The maximum absolute atomic E-state index is 13.7. The van der Waals surface area contributed by atoms with Gasteiger partial charge in [0.05, 0.1) is 28.9 Å². The normalized spacial score (nSPS) is 17.6. The van der Waals surface area contributed by atoms with E-state index in [1.165, 1.54) is 36.4 Å². The number of halogens is 1. The van der Waals surface area contributed by atoms with E-state index in [4.69, 9.17) is 4.74 Å². The van der Waals surface area contributed by atoms with Gasteiger partial charge in [0.15, 0.2) is 5.13 Å². The van der Waals surface area contributed by atoms with Gasteiger partial charge in [0.2, 0.25) is 0 Å². The fraction of sp³-hybridized carbons (Fsp3) is 0.0833. The number of carbonyl (C=O) groups is 2. The van der Waals surface area contributed by atoms with E-state index < -0.39 is 23.5 Å². The second kappa shape index (κ2) is 8.10. The van der Waals surface area contributed by atoms with Gasteiger partial charge in [-0.3, -0.25) is 19.5 Å². The van der Waals surface area contributed by atoms with Gasteiger partial charge in [-0.15, -0.1) is 0 Å². The number of pyridine rings is 1. The number of ketones is 1. The number of rotatable bonds is 4. The standard InChI is InChI=1S/C24H16FN3O4S/c1-32-16-6-2-4-13(10-16)21(29)19-20(14-5-3-9-26-12-14)28(23(31)22(19)30)24-27-17-8-7-15(25)11-18(17)33-24/h2-12,20,29H,1H3. The number of hydrogen-bond donors (Lipinski definition) is 1. The highest BCUT2D eigenvalue weighted by atomic mass is 32.1. The third kappa shape index (κ3) is 3.52. The first kappa shape index (κ1) is 20.8. The number of aliphatic hydroxyl groups excluding tert-OH is 1. The first-order chi connectivity index (χ1) is 16.0. The van der Waals surface area contributed by atoms with Gasteiger partial charge >= 0.3 is 5.91 Å². The zero-order valence-corrected chi connectivity index (χ0v) is 18.0. The molecule has 1 N–H and O–H groups in total. The van der Waals surface area contributed by atoms with E-state index in [-0.39, 0.29) is 16.5 Å². The van der Waals surface area contributed by atoms with Crippen molar-refractivity contribution in [1.82, 2.24) is 9.97 Å². The van der Waals surface area contributed by atoms with Gasteiger partial charge in [-0.1, -0.05) is 29.5 Å². The lowest BCUT2D eigenvalue weighted by atomic mass is 9.96. The summed E-state index contributed by atoms with van der Waals surface area (Å²) in [6, 6.07) is 13.1. The van der Waals surface area contributed by atoms with Gasteiger partial charge in [0, 0.05) is 18.0 Å². The molecule has 0 spiro atoms. The minimum Gasteiger partial charge on any atom is -0.507 e. The Balaban J connectivity index is 1.72. The fourth-order valence-corrected chi connectivity index (χ4v) is 4.82. The van der Waals surface area contributed by atoms with Crippen LogP contribution in [0.25, 0.3) is 16.0 Å². The van der Waals surface area contributed by atoms with Crippen molar-refractivity contribution in [3.63, 3.8) is 0 Å². The Morgan fingerprint density at radius 2 is 2.00 bits per heavy atom. The molecule has 1 amide bonds. The molecule has 2 aromatic carbocycles. The summed E-state index contributed by atoms with van der Waals surface area (Å²) in [5.74, 6) is -1.97. The quantitative estimate of drug-likeness (QED) is 0.274. The van der Waals surface area contributed by atoms with E-state index in [0.717, 1.165) is 11.3 Å². The molecule has 0 aliphatic carbocycles. The highest BCUT2D eigenvalue weighted by molar-refractivity contribution is 7.22. The van der Waals surface area contributed by atoms with Crippen molar-refractivity contribution in [2.75, 3.05) is 12.0 Å². The number of methoxy groups -OCH3 is 1. The number of Topliss-reactive ketones (excluding diaryl/α,β-unsaturated/α-hetero) is 1. The number of aromatic nitrogens is 2. The summed E-state index contributed by atoms with van der Waals surface area (Å²) in [5.41, 5.74) is 1.25. The highest BCUT2D eigenvalue weighted by Crippen LogP contribution is 2.44. The summed E-state index contributed by atoms with van der Waals surface area (Å²) in [6.07, 6.45) is 3.09. The number of thiazole rings is 1. The Bertz CT molecular complexity index is 1430. The lowest BCUT2D eigenvalue weighted by Crippen LogP contribution is -2.29. The van der Waals surface area contributed by atoms with Gasteiger partial charge in [-0.05, 0) is 42.0 Å². The minimum atomic E-state index is -0.963. The predicted octanol–water partition coefficient (Wildman–Crippen LogP) is 4.47. The molecule has 1 aliphatic heterocycles. The SMILES string of the molecule is COc1cccc(C(O)=C2C(=O)C(=O)N(c3nc4ccc(F)cc4s3)C2c2cccnc2)c1. The fourth-order valence-electron chi connectivity index (χ4n) is 3.80. The average molecular weight is 461 g/mol. The number of aliphatic hydroxyl groups is 1. The van der Waals surface area contributed by atoms with Crippen molar-refractivity contribution in [2.24, 2.45) is 0 Å². The van der Waals surface area contributed by atoms with E-state index in [1.807, 2.05) is 0 Å². The number of nitrogens with zero attached hydrogens (tertiary/aromatic N) is 3. The molecule has 5 rings (SSSR count). The zero-order valence-electron chi connectivity index (χ0n) is 17.2. The predicted molar refractivity (Wildman–Crippen MR) is 122 cm³/mol. The van der Waals surface area contributed by atoms with Crippen LogP contribution in [0.15, 0.2) is 72.6 Å². The number of hydrogen-bond acceptors (Lipinski definition) is 7.